The molecule has 0 unspecified atom stereocenters. The van der Waals surface area contributed by atoms with Crippen LogP contribution in [0.3, 0.4) is 0 Å². The maximum atomic E-state index is 10.5. The Morgan fingerprint density at radius 3 is 2.44 bits per heavy atom. The average molecular weight is 253 g/mol. The maximum Gasteiger partial charge on any atom is 0.325 e. The van der Waals surface area contributed by atoms with Crippen molar-refractivity contribution in [2.45, 2.75) is 25.3 Å². The van der Waals surface area contributed by atoms with Gasteiger partial charge in [0.1, 0.15) is 6.29 Å². The summed E-state index contributed by atoms with van der Waals surface area (Å²) in [5.41, 5.74) is 0. The monoisotopic (exact) mass is 253 g/mol. The summed E-state index contributed by atoms with van der Waals surface area (Å²) in [5.74, 6) is -1.07. The molecular formula is C8H16NO6P. The Morgan fingerprint density at radius 2 is 2.00 bits per heavy atom. The van der Waals surface area contributed by atoms with Gasteiger partial charge in [-0.1, -0.05) is 0 Å². The number of aldehydes is 1. The molecular weight excluding hydrogens is 237 g/mol. The summed E-state index contributed by atoms with van der Waals surface area (Å²) < 4.78 is 10.5. The first-order chi connectivity index (χ1) is 7.35. The van der Waals surface area contributed by atoms with Gasteiger partial charge in [-0.15, -0.1) is 0 Å². The number of carbonyl (C=O) groups excluding carboxylic acids is 1. The highest BCUT2D eigenvalue weighted by molar-refractivity contribution is 7.51. The van der Waals surface area contributed by atoms with Crippen molar-refractivity contribution in [1.82, 2.24) is 5.32 Å². The van der Waals surface area contributed by atoms with Gasteiger partial charge in [-0.2, -0.15) is 0 Å². The molecule has 0 aromatic heterocycles. The summed E-state index contributed by atoms with van der Waals surface area (Å²) in [6, 6.07) is -0.743. The molecule has 0 rings (SSSR count). The van der Waals surface area contributed by atoms with Crippen molar-refractivity contribution in [3.63, 3.8) is 0 Å². The van der Waals surface area contributed by atoms with Crippen LogP contribution in [-0.2, 0) is 14.2 Å². The normalized spacial score (nSPS) is 13.4. The van der Waals surface area contributed by atoms with Crippen LogP contribution in [0, 0.1) is 0 Å². The zero-order chi connectivity index (χ0) is 12.6. The minimum absolute atomic E-state index is 0.195. The predicted molar refractivity (Wildman–Crippen MR) is 56.3 cm³/mol. The standard InChI is InChI=1S/C8H16NO6P/c10-6-7(5-8(11)12)9-3-1-2-4-16(13,14)15/h6-7,9H,1-5H2,(H,11,12)(H2,13,14,15)/t7-/m0/s1. The zero-order valence-electron chi connectivity index (χ0n) is 8.70. The largest absolute Gasteiger partial charge is 0.481 e. The van der Waals surface area contributed by atoms with Gasteiger partial charge in [0.15, 0.2) is 0 Å². The van der Waals surface area contributed by atoms with E-state index < -0.39 is 19.6 Å². The molecule has 8 heteroatoms. The van der Waals surface area contributed by atoms with Gasteiger partial charge in [-0.25, -0.2) is 0 Å². The van der Waals surface area contributed by atoms with E-state index in [9.17, 15) is 14.2 Å². The third-order valence-corrected chi connectivity index (χ3v) is 2.74. The van der Waals surface area contributed by atoms with Crippen LogP contribution in [0.1, 0.15) is 19.3 Å². The molecule has 0 radical (unpaired) electrons. The van der Waals surface area contributed by atoms with Crippen LogP contribution in [0.25, 0.3) is 0 Å². The van der Waals surface area contributed by atoms with Gasteiger partial charge in [-0.05, 0) is 19.4 Å². The van der Waals surface area contributed by atoms with Crippen LogP contribution in [0.2, 0.25) is 0 Å². The molecule has 7 nitrogen and oxygen atoms in total. The Balaban J connectivity index is 3.60. The fraction of sp³-hybridized carbons (Fsp3) is 0.750. The minimum atomic E-state index is -3.95. The van der Waals surface area contributed by atoms with Crippen LogP contribution >= 0.6 is 7.60 Å². The number of rotatable bonds is 9. The van der Waals surface area contributed by atoms with Crippen LogP contribution in [0.5, 0.6) is 0 Å². The predicted octanol–water partition coefficient (Wildman–Crippen LogP) is -0.424. The molecule has 0 amide bonds. The van der Waals surface area contributed by atoms with Crippen LogP contribution in [0.15, 0.2) is 0 Å². The average Bonchev–Trinajstić information content (AvgIpc) is 2.13. The third kappa shape index (κ3) is 9.79. The fourth-order valence-corrected chi connectivity index (χ4v) is 1.72. The lowest BCUT2D eigenvalue weighted by atomic mass is 10.2. The topological polar surface area (TPSA) is 124 Å². The van der Waals surface area contributed by atoms with Crippen molar-refractivity contribution in [3.8, 4) is 0 Å². The molecule has 0 saturated carbocycles. The van der Waals surface area contributed by atoms with Crippen LogP contribution in [0.4, 0.5) is 0 Å². The van der Waals surface area contributed by atoms with E-state index in [1.807, 2.05) is 0 Å². The summed E-state index contributed by atoms with van der Waals surface area (Å²) >= 11 is 0. The Morgan fingerprint density at radius 1 is 1.38 bits per heavy atom. The molecule has 0 saturated heterocycles. The molecule has 0 aliphatic rings. The van der Waals surface area contributed by atoms with E-state index in [1.165, 1.54) is 0 Å². The molecule has 16 heavy (non-hydrogen) atoms. The van der Waals surface area contributed by atoms with Crippen molar-refractivity contribution in [2.24, 2.45) is 0 Å². The highest BCUT2D eigenvalue weighted by Gasteiger charge is 2.13. The number of unbranched alkanes of at least 4 members (excludes halogenated alkanes) is 1. The van der Waals surface area contributed by atoms with Gasteiger partial charge in [0.2, 0.25) is 0 Å². The summed E-state index contributed by atoms with van der Waals surface area (Å²) in [7, 11) is -3.95. The molecule has 0 aromatic rings. The summed E-state index contributed by atoms with van der Waals surface area (Å²) in [6.07, 6.45) is 0.837. The number of nitrogens with one attached hydrogen (secondary N) is 1. The van der Waals surface area contributed by atoms with Gasteiger partial charge in [-0.3, -0.25) is 9.36 Å². The highest BCUT2D eigenvalue weighted by atomic mass is 31.2. The van der Waals surface area contributed by atoms with Gasteiger partial charge < -0.3 is 25.0 Å². The highest BCUT2D eigenvalue weighted by Crippen LogP contribution is 2.35. The van der Waals surface area contributed by atoms with E-state index in [-0.39, 0.29) is 12.6 Å². The molecule has 4 N–H and O–H groups in total. The SMILES string of the molecule is O=C[C@H](CC(=O)O)NCCCCP(=O)(O)O. The van der Waals surface area contributed by atoms with E-state index in [0.29, 0.717) is 25.7 Å². The first-order valence-corrected chi connectivity index (χ1v) is 6.60. The Bertz CT molecular complexity index is 276. The number of carboxylic acids is 1. The summed E-state index contributed by atoms with van der Waals surface area (Å²) in [6.45, 7) is 0.358. The lowest BCUT2D eigenvalue weighted by Gasteiger charge is -2.10. The number of hydrogen-bond acceptors (Lipinski definition) is 4. The van der Waals surface area contributed by atoms with E-state index in [2.05, 4.69) is 5.32 Å². The van der Waals surface area contributed by atoms with Crippen molar-refractivity contribution in [3.05, 3.63) is 0 Å². The molecule has 0 aromatic carbocycles. The van der Waals surface area contributed by atoms with Gasteiger partial charge in [0.25, 0.3) is 0 Å². The van der Waals surface area contributed by atoms with Crippen LogP contribution in [-0.4, -0.2) is 45.9 Å². The van der Waals surface area contributed by atoms with Gasteiger partial charge in [0, 0.05) is 6.16 Å². The van der Waals surface area contributed by atoms with Gasteiger partial charge >= 0.3 is 13.6 Å². The Kier molecular flexibility index (Phi) is 7.16. The first-order valence-electron chi connectivity index (χ1n) is 4.80. The molecule has 0 aliphatic carbocycles. The second-order valence-electron chi connectivity index (χ2n) is 3.39. The van der Waals surface area contributed by atoms with Crippen molar-refractivity contribution >= 4 is 19.9 Å². The molecule has 0 heterocycles. The second kappa shape index (κ2) is 7.51. The van der Waals surface area contributed by atoms with Crippen molar-refractivity contribution in [1.29, 1.82) is 0 Å². The molecule has 0 fully saturated rings. The molecule has 0 aliphatic heterocycles. The second-order valence-corrected chi connectivity index (χ2v) is 5.17. The number of aliphatic carboxylic acids is 1. The van der Waals surface area contributed by atoms with E-state index >= 15 is 0 Å². The number of hydrogen-bond donors (Lipinski definition) is 4. The summed E-state index contributed by atoms with van der Waals surface area (Å²) in [4.78, 5) is 37.8. The first kappa shape index (κ1) is 15.2. The maximum absolute atomic E-state index is 10.5. The van der Waals surface area contributed by atoms with E-state index in [0.717, 1.165) is 0 Å². The molecule has 0 bridgehead atoms. The Hall–Kier alpha value is -0.750. The quantitative estimate of drug-likeness (QED) is 0.250. The fourth-order valence-electron chi connectivity index (χ4n) is 1.09. The third-order valence-electron chi connectivity index (χ3n) is 1.84. The molecule has 0 spiro atoms. The summed E-state index contributed by atoms with van der Waals surface area (Å²) in [5, 5.41) is 11.1. The Labute approximate surface area is 93.0 Å². The smallest absolute Gasteiger partial charge is 0.325 e. The van der Waals surface area contributed by atoms with E-state index in [4.69, 9.17) is 14.9 Å². The van der Waals surface area contributed by atoms with Crippen LogP contribution < -0.4 is 5.32 Å². The molecule has 1 atom stereocenters. The number of carbonyl (C=O) groups is 2. The zero-order valence-corrected chi connectivity index (χ0v) is 9.60. The lowest BCUT2D eigenvalue weighted by Crippen LogP contribution is -2.33. The minimum Gasteiger partial charge on any atom is -0.481 e. The van der Waals surface area contributed by atoms with Gasteiger partial charge in [0.05, 0.1) is 12.5 Å². The van der Waals surface area contributed by atoms with Crippen molar-refractivity contribution in [2.75, 3.05) is 12.7 Å². The van der Waals surface area contributed by atoms with E-state index in [1.54, 1.807) is 0 Å². The molecule has 94 valence electrons. The lowest BCUT2D eigenvalue weighted by molar-refractivity contribution is -0.138. The number of carboxylic acid groups (broad SMARTS) is 1. The van der Waals surface area contributed by atoms with Crippen molar-refractivity contribution < 1.29 is 29.0 Å².